The number of hydrogen-bond donors (Lipinski definition) is 3. The van der Waals surface area contributed by atoms with Crippen molar-refractivity contribution in [2.24, 2.45) is 0 Å². The van der Waals surface area contributed by atoms with Crippen LogP contribution in [0.15, 0.2) is 65.6 Å². The maximum atomic E-state index is 12.8. The molecule has 3 aromatic carbocycles. The van der Waals surface area contributed by atoms with Gasteiger partial charge in [0.1, 0.15) is 0 Å². The van der Waals surface area contributed by atoms with Crippen LogP contribution >= 0.6 is 0 Å². The number of carbonyl (C=O) groups is 1. The first-order chi connectivity index (χ1) is 13.7. The van der Waals surface area contributed by atoms with Crippen LogP contribution in [0.2, 0.25) is 0 Å². The van der Waals surface area contributed by atoms with E-state index >= 15 is 0 Å². The molecule has 7 heteroatoms. The number of sulfonamides is 1. The molecule has 0 aliphatic rings. The highest BCUT2D eigenvalue weighted by Crippen LogP contribution is 2.32. The number of benzene rings is 3. The average molecular weight is 410 g/mol. The summed E-state index contributed by atoms with van der Waals surface area (Å²) in [5.74, 6) is -1.16. The number of para-hydroxylation sites is 1. The predicted molar refractivity (Wildman–Crippen MR) is 115 cm³/mol. The van der Waals surface area contributed by atoms with Crippen LogP contribution in [0.5, 0.6) is 0 Å². The molecular formula is C22H22N2O4S. The normalized spacial score (nSPS) is 11.1. The molecule has 0 aliphatic heterocycles. The molecule has 29 heavy (non-hydrogen) atoms. The van der Waals surface area contributed by atoms with Gasteiger partial charge in [0.15, 0.2) is 0 Å². The number of carboxylic acid groups (broad SMARTS) is 1. The Hall–Kier alpha value is -3.32. The molecule has 0 atom stereocenters. The van der Waals surface area contributed by atoms with Crippen LogP contribution in [-0.2, 0) is 10.0 Å². The first-order valence-electron chi connectivity index (χ1n) is 8.97. The Bertz CT molecular complexity index is 1150. The van der Waals surface area contributed by atoms with Gasteiger partial charge in [0.25, 0.3) is 10.0 Å². The third kappa shape index (κ3) is 4.75. The third-order valence-electron chi connectivity index (χ3n) is 4.36. The molecule has 150 valence electrons. The summed E-state index contributed by atoms with van der Waals surface area (Å²) in [7, 11) is -3.89. The molecule has 0 spiro atoms. The third-order valence-corrected chi connectivity index (χ3v) is 5.74. The number of hydrogen-bond acceptors (Lipinski definition) is 4. The maximum absolute atomic E-state index is 12.8. The van der Waals surface area contributed by atoms with Crippen LogP contribution in [0.4, 0.5) is 17.1 Å². The van der Waals surface area contributed by atoms with Crippen LogP contribution in [0.25, 0.3) is 0 Å². The van der Waals surface area contributed by atoms with Gasteiger partial charge in [-0.05, 0) is 68.3 Å². The highest BCUT2D eigenvalue weighted by atomic mass is 32.2. The summed E-state index contributed by atoms with van der Waals surface area (Å²) >= 11 is 0. The number of nitrogens with one attached hydrogen (secondary N) is 2. The molecule has 0 saturated carbocycles. The fourth-order valence-electron chi connectivity index (χ4n) is 3.06. The van der Waals surface area contributed by atoms with Crippen molar-refractivity contribution >= 4 is 33.1 Å². The lowest BCUT2D eigenvalue weighted by Gasteiger charge is -2.17. The minimum atomic E-state index is -3.89. The lowest BCUT2D eigenvalue weighted by molar-refractivity contribution is 0.0698. The van der Waals surface area contributed by atoms with Gasteiger partial charge in [-0.15, -0.1) is 0 Å². The minimum absolute atomic E-state index is 0.0340. The Morgan fingerprint density at radius 2 is 1.48 bits per heavy atom. The Labute approximate surface area is 170 Å². The fraction of sp³-hybridized carbons (Fsp3) is 0.136. The molecule has 0 fully saturated rings. The Morgan fingerprint density at radius 1 is 0.862 bits per heavy atom. The van der Waals surface area contributed by atoms with E-state index < -0.39 is 16.0 Å². The van der Waals surface area contributed by atoms with Crippen LogP contribution in [0, 0.1) is 20.8 Å². The lowest BCUT2D eigenvalue weighted by Crippen LogP contribution is -2.15. The lowest BCUT2D eigenvalue weighted by atomic mass is 10.1. The summed E-state index contributed by atoms with van der Waals surface area (Å²) in [5.41, 5.74) is 3.92. The van der Waals surface area contributed by atoms with Crippen LogP contribution in [-0.4, -0.2) is 19.5 Å². The molecule has 0 radical (unpaired) electrons. The van der Waals surface area contributed by atoms with Crippen molar-refractivity contribution in [1.29, 1.82) is 0 Å². The first-order valence-corrected chi connectivity index (χ1v) is 10.4. The van der Waals surface area contributed by atoms with E-state index in [0.29, 0.717) is 5.69 Å². The molecule has 3 N–H and O–H groups in total. The zero-order valence-electron chi connectivity index (χ0n) is 16.4. The number of aromatic carboxylic acids is 1. The second-order valence-corrected chi connectivity index (χ2v) is 8.64. The van der Waals surface area contributed by atoms with Crippen molar-refractivity contribution in [3.05, 3.63) is 82.9 Å². The molecule has 0 aromatic heterocycles. The van der Waals surface area contributed by atoms with Gasteiger partial charge in [-0.3, -0.25) is 4.72 Å². The number of carboxylic acids is 1. The smallest absolute Gasteiger partial charge is 0.337 e. The second-order valence-electron chi connectivity index (χ2n) is 6.95. The minimum Gasteiger partial charge on any atom is -0.478 e. The molecule has 0 saturated heterocycles. The molecule has 0 unspecified atom stereocenters. The zero-order chi connectivity index (χ0) is 21.2. The standard InChI is InChI=1S/C22H22N2O4S/c1-14-7-9-18(10-8-14)29(27,28)24-20-6-4-5-19(22(25)26)21(20)23-17-12-15(2)11-16(3)13-17/h4-13,23-24H,1-3H3,(H,25,26). The quantitative estimate of drug-likeness (QED) is 0.540. The highest BCUT2D eigenvalue weighted by Gasteiger charge is 2.20. The van der Waals surface area contributed by atoms with Crippen LogP contribution in [0.3, 0.4) is 0 Å². The van der Waals surface area contributed by atoms with E-state index in [1.54, 1.807) is 12.1 Å². The molecule has 0 bridgehead atoms. The van der Waals surface area contributed by atoms with Crippen molar-refractivity contribution in [3.8, 4) is 0 Å². The van der Waals surface area contributed by atoms with E-state index in [1.165, 1.54) is 30.3 Å². The highest BCUT2D eigenvalue weighted by molar-refractivity contribution is 7.92. The van der Waals surface area contributed by atoms with Crippen molar-refractivity contribution in [1.82, 2.24) is 0 Å². The summed E-state index contributed by atoms with van der Waals surface area (Å²) in [5, 5.41) is 12.7. The summed E-state index contributed by atoms with van der Waals surface area (Å²) in [6.45, 7) is 5.73. The largest absolute Gasteiger partial charge is 0.478 e. The van der Waals surface area contributed by atoms with Gasteiger partial charge in [0, 0.05) is 5.69 Å². The van der Waals surface area contributed by atoms with Gasteiger partial charge in [0.05, 0.1) is 21.8 Å². The Morgan fingerprint density at radius 3 is 2.07 bits per heavy atom. The molecule has 0 amide bonds. The molecular weight excluding hydrogens is 388 g/mol. The van der Waals surface area contributed by atoms with Gasteiger partial charge < -0.3 is 10.4 Å². The van der Waals surface area contributed by atoms with E-state index in [4.69, 9.17) is 0 Å². The van der Waals surface area contributed by atoms with Gasteiger partial charge in [-0.1, -0.05) is 29.8 Å². The first kappa shape index (κ1) is 20.4. The number of anilines is 3. The van der Waals surface area contributed by atoms with Crippen LogP contribution < -0.4 is 10.0 Å². The predicted octanol–water partition coefficient (Wildman–Crippen LogP) is 4.85. The molecule has 3 rings (SSSR count). The maximum Gasteiger partial charge on any atom is 0.337 e. The topological polar surface area (TPSA) is 95.5 Å². The van der Waals surface area contributed by atoms with Gasteiger partial charge in [0.2, 0.25) is 0 Å². The van der Waals surface area contributed by atoms with E-state index in [9.17, 15) is 18.3 Å². The van der Waals surface area contributed by atoms with Gasteiger partial charge >= 0.3 is 5.97 Å². The SMILES string of the molecule is Cc1ccc(S(=O)(=O)Nc2cccc(C(=O)O)c2Nc2cc(C)cc(C)c2)cc1. The monoisotopic (exact) mass is 410 g/mol. The summed E-state index contributed by atoms with van der Waals surface area (Å²) in [6, 6.07) is 16.6. The Kier molecular flexibility index (Phi) is 5.61. The van der Waals surface area contributed by atoms with E-state index in [2.05, 4.69) is 10.0 Å². The summed E-state index contributed by atoms with van der Waals surface area (Å²) in [4.78, 5) is 11.9. The van der Waals surface area contributed by atoms with E-state index in [-0.39, 0.29) is 21.8 Å². The molecule has 6 nitrogen and oxygen atoms in total. The average Bonchev–Trinajstić information content (AvgIpc) is 2.62. The van der Waals surface area contributed by atoms with Crippen molar-refractivity contribution in [2.75, 3.05) is 10.0 Å². The summed E-state index contributed by atoms with van der Waals surface area (Å²) < 4.78 is 28.2. The van der Waals surface area contributed by atoms with E-state index in [1.807, 2.05) is 39.0 Å². The Balaban J connectivity index is 2.06. The second kappa shape index (κ2) is 7.97. The van der Waals surface area contributed by atoms with Gasteiger partial charge in [-0.2, -0.15) is 0 Å². The van der Waals surface area contributed by atoms with Gasteiger partial charge in [-0.25, -0.2) is 13.2 Å². The van der Waals surface area contributed by atoms with Crippen molar-refractivity contribution in [3.63, 3.8) is 0 Å². The fourth-order valence-corrected chi connectivity index (χ4v) is 4.13. The van der Waals surface area contributed by atoms with Crippen molar-refractivity contribution in [2.45, 2.75) is 25.7 Å². The molecule has 0 heterocycles. The molecule has 0 aliphatic carbocycles. The summed E-state index contributed by atoms with van der Waals surface area (Å²) in [6.07, 6.45) is 0. The van der Waals surface area contributed by atoms with Crippen molar-refractivity contribution < 1.29 is 18.3 Å². The van der Waals surface area contributed by atoms with Crippen LogP contribution in [0.1, 0.15) is 27.0 Å². The number of rotatable bonds is 6. The number of aryl methyl sites for hydroxylation is 3. The molecule has 3 aromatic rings. The van der Waals surface area contributed by atoms with E-state index in [0.717, 1.165) is 16.7 Å². The zero-order valence-corrected chi connectivity index (χ0v) is 17.2.